The minimum absolute atomic E-state index is 0.0283. The van der Waals surface area contributed by atoms with Crippen LogP contribution in [0.1, 0.15) is 22.3 Å². The van der Waals surface area contributed by atoms with E-state index in [9.17, 15) is 19.5 Å². The lowest BCUT2D eigenvalue weighted by molar-refractivity contribution is 0.294. The van der Waals surface area contributed by atoms with Gasteiger partial charge in [0, 0.05) is 25.5 Å². The minimum Gasteiger partial charge on any atom is -0.504 e. The zero-order valence-corrected chi connectivity index (χ0v) is 15.3. The average Bonchev–Trinajstić information content (AvgIpc) is 2.55. The van der Waals surface area contributed by atoms with E-state index in [4.69, 9.17) is 4.74 Å². The molecule has 2 aromatic rings. The van der Waals surface area contributed by atoms with E-state index in [1.807, 2.05) is 17.0 Å². The molecule has 0 amide bonds. The molecule has 1 heterocycles. The van der Waals surface area contributed by atoms with Crippen molar-refractivity contribution in [2.45, 2.75) is 19.1 Å². The molecule has 0 fully saturated rings. The number of likely N-dealkylation sites (N-methyl/N-ethyl adjacent to an activating group) is 1. The van der Waals surface area contributed by atoms with Gasteiger partial charge in [0.15, 0.2) is 11.5 Å². The molecule has 0 radical (unpaired) electrons. The van der Waals surface area contributed by atoms with Crippen molar-refractivity contribution in [1.29, 1.82) is 0 Å². The minimum atomic E-state index is -4.42. The summed E-state index contributed by atoms with van der Waals surface area (Å²) in [5, 5.41) is 9.95. The van der Waals surface area contributed by atoms with Crippen molar-refractivity contribution in [3.63, 3.8) is 0 Å². The summed E-state index contributed by atoms with van der Waals surface area (Å²) in [6.45, 7) is 2.32. The molecular weight excluding hydrogens is 343 g/mol. The molecule has 2 rings (SSSR count). The van der Waals surface area contributed by atoms with Crippen LogP contribution in [0.3, 0.4) is 0 Å². The Labute approximate surface area is 147 Å². The Balaban J connectivity index is 2.28. The van der Waals surface area contributed by atoms with Gasteiger partial charge in [0.1, 0.15) is 0 Å². The molecule has 0 saturated heterocycles. The largest absolute Gasteiger partial charge is 0.504 e. The number of aromatic nitrogens is 1. The smallest absolute Gasteiger partial charge is 0.334 e. The van der Waals surface area contributed by atoms with Crippen LogP contribution in [0.25, 0.3) is 0 Å². The molecule has 3 N–H and O–H groups in total. The van der Waals surface area contributed by atoms with Gasteiger partial charge in [-0.15, -0.1) is 0 Å². The van der Waals surface area contributed by atoms with E-state index in [1.165, 1.54) is 13.2 Å². The van der Waals surface area contributed by atoms with Crippen molar-refractivity contribution >= 4 is 7.60 Å². The Morgan fingerprint density at radius 1 is 1.36 bits per heavy atom. The molecule has 0 bridgehead atoms. The fourth-order valence-electron chi connectivity index (χ4n) is 2.69. The third-order valence-electron chi connectivity index (χ3n) is 3.96. The number of hydrogen-bond donors (Lipinski definition) is 3. The number of pyridine rings is 1. The number of methoxy groups -OCH3 is 1. The number of benzene rings is 1. The highest BCUT2D eigenvalue weighted by Gasteiger charge is 2.32. The second kappa shape index (κ2) is 7.97. The first-order chi connectivity index (χ1) is 11.7. The van der Waals surface area contributed by atoms with Crippen LogP contribution in [0.15, 0.2) is 36.7 Å². The fraction of sp³-hybridized carbons (Fsp3) is 0.353. The summed E-state index contributed by atoms with van der Waals surface area (Å²) in [4.78, 5) is 25.5. The Kier molecular flexibility index (Phi) is 6.19. The quantitative estimate of drug-likeness (QED) is 0.647. The number of nitrogens with zero attached hydrogens (tertiary/aromatic N) is 2. The van der Waals surface area contributed by atoms with E-state index in [2.05, 4.69) is 4.98 Å². The van der Waals surface area contributed by atoms with E-state index in [-0.39, 0.29) is 18.0 Å². The number of hydrogen-bond acceptors (Lipinski definition) is 5. The topological polar surface area (TPSA) is 103 Å². The van der Waals surface area contributed by atoms with E-state index >= 15 is 0 Å². The highest BCUT2D eigenvalue weighted by atomic mass is 31.2. The fourth-order valence-corrected chi connectivity index (χ4v) is 3.72. The van der Waals surface area contributed by atoms with Gasteiger partial charge in [-0.2, -0.15) is 0 Å². The maximum atomic E-state index is 12.1. The van der Waals surface area contributed by atoms with Crippen molar-refractivity contribution in [2.75, 3.05) is 20.7 Å². The van der Waals surface area contributed by atoms with Crippen LogP contribution in [0.2, 0.25) is 0 Å². The number of phenols is 1. The molecule has 0 spiro atoms. The normalized spacial score (nSPS) is 13.0. The van der Waals surface area contributed by atoms with Gasteiger partial charge in [-0.05, 0) is 42.8 Å². The molecule has 0 aliphatic rings. The van der Waals surface area contributed by atoms with Crippen LogP contribution in [0, 0.1) is 6.92 Å². The summed E-state index contributed by atoms with van der Waals surface area (Å²) in [7, 11) is -1.22. The predicted octanol–water partition coefficient (Wildman–Crippen LogP) is 2.46. The maximum Gasteiger partial charge on any atom is 0.334 e. The first-order valence-electron chi connectivity index (χ1n) is 7.72. The van der Waals surface area contributed by atoms with Crippen LogP contribution in [-0.2, 0) is 11.1 Å². The van der Waals surface area contributed by atoms with Gasteiger partial charge in [-0.3, -0.25) is 9.55 Å². The van der Waals surface area contributed by atoms with E-state index in [0.29, 0.717) is 17.7 Å². The van der Waals surface area contributed by atoms with Crippen molar-refractivity contribution in [3.8, 4) is 11.5 Å². The number of rotatable bonds is 7. The summed E-state index contributed by atoms with van der Waals surface area (Å²) in [6, 6.07) is 6.78. The van der Waals surface area contributed by atoms with Gasteiger partial charge in [0.05, 0.1) is 12.8 Å². The third-order valence-corrected chi connectivity index (χ3v) is 5.23. The molecule has 25 heavy (non-hydrogen) atoms. The van der Waals surface area contributed by atoms with Gasteiger partial charge < -0.3 is 24.5 Å². The van der Waals surface area contributed by atoms with Crippen molar-refractivity contribution < 1.29 is 24.2 Å². The SMILES string of the molecule is COc1cc(C(CN(C)Cc2cccnc2)P(=O)(O)O)cc(C)c1O. The highest BCUT2D eigenvalue weighted by Crippen LogP contribution is 2.53. The Hall–Kier alpha value is -1.92. The lowest BCUT2D eigenvalue weighted by Gasteiger charge is -2.26. The summed E-state index contributed by atoms with van der Waals surface area (Å²) >= 11 is 0. The zero-order chi connectivity index (χ0) is 18.6. The van der Waals surface area contributed by atoms with Crippen LogP contribution in [0.4, 0.5) is 0 Å². The van der Waals surface area contributed by atoms with E-state index in [1.54, 1.807) is 32.4 Å². The van der Waals surface area contributed by atoms with Gasteiger partial charge in [-0.25, -0.2) is 0 Å². The first-order valence-corrected chi connectivity index (χ1v) is 9.40. The summed E-state index contributed by atoms with van der Waals surface area (Å²) in [5.41, 5.74) is 0.859. The molecule has 0 aliphatic carbocycles. The van der Waals surface area contributed by atoms with E-state index < -0.39 is 13.3 Å². The second-order valence-electron chi connectivity index (χ2n) is 6.05. The summed E-state index contributed by atoms with van der Waals surface area (Å²) in [6.07, 6.45) is 3.39. The first kappa shape index (κ1) is 19.4. The summed E-state index contributed by atoms with van der Waals surface area (Å²) in [5.74, 6) is 0.169. The molecule has 1 atom stereocenters. The number of aryl methyl sites for hydroxylation is 1. The number of aromatic hydroxyl groups is 1. The molecule has 7 nitrogen and oxygen atoms in total. The second-order valence-corrected chi connectivity index (χ2v) is 7.85. The molecule has 0 aliphatic heterocycles. The Bertz CT molecular complexity index is 763. The van der Waals surface area contributed by atoms with Crippen molar-refractivity contribution in [3.05, 3.63) is 53.3 Å². The van der Waals surface area contributed by atoms with Crippen LogP contribution in [-0.4, -0.2) is 45.5 Å². The van der Waals surface area contributed by atoms with Gasteiger partial charge in [-0.1, -0.05) is 12.1 Å². The monoisotopic (exact) mass is 366 g/mol. The molecule has 1 aromatic carbocycles. The standard InChI is InChI=1S/C17H23N2O5P/c1-12-7-14(8-15(24-3)17(12)20)16(25(21,22)23)11-19(2)10-13-5-4-6-18-9-13/h4-9,16,20H,10-11H2,1-3H3,(H2,21,22,23). The molecule has 8 heteroatoms. The molecular formula is C17H23N2O5P. The van der Waals surface area contributed by atoms with Crippen LogP contribution >= 0.6 is 7.60 Å². The Morgan fingerprint density at radius 3 is 2.64 bits per heavy atom. The molecule has 1 aromatic heterocycles. The van der Waals surface area contributed by atoms with Gasteiger partial charge in [0.2, 0.25) is 0 Å². The van der Waals surface area contributed by atoms with Crippen molar-refractivity contribution in [2.24, 2.45) is 0 Å². The van der Waals surface area contributed by atoms with Gasteiger partial charge in [0.25, 0.3) is 0 Å². The maximum absolute atomic E-state index is 12.1. The third kappa shape index (κ3) is 5.03. The average molecular weight is 366 g/mol. The Morgan fingerprint density at radius 2 is 2.08 bits per heavy atom. The number of ether oxygens (including phenoxy) is 1. The van der Waals surface area contributed by atoms with Crippen molar-refractivity contribution in [1.82, 2.24) is 9.88 Å². The van der Waals surface area contributed by atoms with Crippen LogP contribution in [0.5, 0.6) is 11.5 Å². The molecule has 0 saturated carbocycles. The molecule has 1 unspecified atom stereocenters. The zero-order valence-electron chi connectivity index (χ0n) is 14.5. The lowest BCUT2D eigenvalue weighted by atomic mass is 10.1. The highest BCUT2D eigenvalue weighted by molar-refractivity contribution is 7.52. The van der Waals surface area contributed by atoms with Crippen LogP contribution < -0.4 is 4.74 Å². The lowest BCUT2D eigenvalue weighted by Crippen LogP contribution is -2.24. The molecule has 136 valence electrons. The summed E-state index contributed by atoms with van der Waals surface area (Å²) < 4.78 is 17.2. The number of phenolic OH excluding ortho intramolecular Hbond substituents is 1. The van der Waals surface area contributed by atoms with Gasteiger partial charge >= 0.3 is 7.60 Å². The van der Waals surface area contributed by atoms with E-state index in [0.717, 1.165) is 5.56 Å². The predicted molar refractivity (Wildman–Crippen MR) is 94.8 cm³/mol.